The summed E-state index contributed by atoms with van der Waals surface area (Å²) >= 11 is 0. The molecule has 0 unspecified atom stereocenters. The van der Waals surface area contributed by atoms with Crippen LogP contribution in [0.4, 0.5) is 10.7 Å². The molecule has 3 aliphatic rings. The Hall–Kier alpha value is -6.47. The van der Waals surface area contributed by atoms with Crippen LogP contribution in [0.5, 0.6) is 0 Å². The number of piperazine rings is 1. The van der Waals surface area contributed by atoms with E-state index in [1.807, 2.05) is 43.0 Å². The second kappa shape index (κ2) is 23.0. The van der Waals surface area contributed by atoms with E-state index in [0.29, 0.717) is 98.1 Å². The molecule has 0 spiro atoms. The minimum absolute atomic E-state index is 0.0544. The number of nitrogen functional groups attached to an aromatic ring is 1. The van der Waals surface area contributed by atoms with Gasteiger partial charge in [-0.2, -0.15) is 4.98 Å². The highest BCUT2D eigenvalue weighted by Gasteiger charge is 2.34. The molecule has 18 nitrogen and oxygen atoms in total. The number of benzene rings is 1. The van der Waals surface area contributed by atoms with E-state index >= 15 is 0 Å². The second-order valence-corrected chi connectivity index (χ2v) is 18.0. The zero-order valence-electron chi connectivity index (χ0n) is 39.6. The van der Waals surface area contributed by atoms with E-state index in [4.69, 9.17) is 25.7 Å². The summed E-state index contributed by atoms with van der Waals surface area (Å²) in [5, 5.41) is 14.7. The molecular weight excluding hydrogens is 873 g/mol. The summed E-state index contributed by atoms with van der Waals surface area (Å²) in [5.41, 5.74) is 15.1. The summed E-state index contributed by atoms with van der Waals surface area (Å²) < 4.78 is 16.8. The van der Waals surface area contributed by atoms with Gasteiger partial charge in [0.2, 0.25) is 11.7 Å². The molecule has 8 N–H and O–H groups in total. The maximum absolute atomic E-state index is 14.2. The standard InChI is InChI=1S/C50H64N8O10/c1-28-23-36-35(10-8-18-57-19-21-58(22-20-57)48(64)33-15-12-32(13-16-33)14-17-34-27-53-45-41(34)47(63)56-49(51)55-45)38(59)26-37(43(36)61)54-46(62)29(2)9-7-11-39(66-5)44(68-50(52)65)31(4)25-30(3)42(60)40(24-28)67-6/h7,9,11-13,15-16,25-28,30,39-40,42,44,60H,8,10,14,17-24H2,1-6H3,(H2,52,65)(H,54,62)(H4,51,53,55,56,63)/b11-7-,29-9+,31-25+/t28-,30+,39+,40+,42+,44+/m1/s1. The van der Waals surface area contributed by atoms with Gasteiger partial charge in [0, 0.05) is 80.9 Å². The zero-order valence-corrected chi connectivity index (χ0v) is 39.6. The van der Waals surface area contributed by atoms with E-state index in [1.54, 1.807) is 38.3 Å². The van der Waals surface area contributed by atoms with Gasteiger partial charge < -0.3 is 46.0 Å². The number of aliphatic hydroxyl groups is 1. The van der Waals surface area contributed by atoms with Crippen molar-refractivity contribution in [2.24, 2.45) is 17.6 Å². The van der Waals surface area contributed by atoms with Gasteiger partial charge in [-0.3, -0.25) is 33.9 Å². The number of hydrogen-bond donors (Lipinski definition) is 6. The number of nitrogens with two attached hydrogens (primary N) is 2. The molecule has 2 aliphatic heterocycles. The minimum atomic E-state index is -1.01. The second-order valence-electron chi connectivity index (χ2n) is 18.0. The van der Waals surface area contributed by atoms with Gasteiger partial charge in [-0.15, -0.1) is 0 Å². The number of methoxy groups -OCH3 is 2. The van der Waals surface area contributed by atoms with E-state index in [1.165, 1.54) is 26.4 Å². The highest BCUT2D eigenvalue weighted by atomic mass is 16.6. The van der Waals surface area contributed by atoms with Crippen LogP contribution in [0.1, 0.15) is 74.9 Å². The van der Waals surface area contributed by atoms with Gasteiger partial charge in [-0.1, -0.05) is 50.3 Å². The number of carbonyl (C=O) groups is 5. The maximum atomic E-state index is 14.2. The SMILES string of the molecule is CO[C@H]1/C=C\C=C(/C)C(=O)NC2=CC(=O)C(CCCN3CCN(C(=O)c4ccc(CCc5c[nH]c6nc(N)[nH]c(=O)c56)cc4)CC3)=C(C[C@@H](C)C[C@H](OC)[C@@H](O)[C@@H](C)/C=C(\C)[C@@H]1OC(N)=O)C2=O. The fourth-order valence-corrected chi connectivity index (χ4v) is 9.17. The van der Waals surface area contributed by atoms with Gasteiger partial charge in [0.15, 0.2) is 11.9 Å². The van der Waals surface area contributed by atoms with Crippen molar-refractivity contribution in [3.63, 3.8) is 0 Å². The summed E-state index contributed by atoms with van der Waals surface area (Å²) in [6.07, 6.45) is 7.67. The predicted octanol–water partition coefficient (Wildman–Crippen LogP) is 3.97. The molecule has 4 heterocycles. The number of aromatic nitrogens is 3. The highest BCUT2D eigenvalue weighted by Crippen LogP contribution is 2.31. The van der Waals surface area contributed by atoms with Crippen molar-refractivity contribution in [2.75, 3.05) is 52.7 Å². The fourth-order valence-electron chi connectivity index (χ4n) is 9.17. The van der Waals surface area contributed by atoms with Crippen molar-refractivity contribution < 1.29 is 43.3 Å². The molecule has 1 saturated heterocycles. The highest BCUT2D eigenvalue weighted by molar-refractivity contribution is 6.23. The first kappa shape index (κ1) is 50.9. The Balaban J connectivity index is 1.09. The number of rotatable bonds is 11. The quantitative estimate of drug-likeness (QED) is 0.118. The van der Waals surface area contributed by atoms with Crippen LogP contribution < -0.4 is 22.3 Å². The summed E-state index contributed by atoms with van der Waals surface area (Å²) in [4.78, 5) is 93.2. The van der Waals surface area contributed by atoms with Gasteiger partial charge >= 0.3 is 6.09 Å². The van der Waals surface area contributed by atoms with E-state index in [9.17, 15) is 33.9 Å². The van der Waals surface area contributed by atoms with Crippen molar-refractivity contribution >= 4 is 46.5 Å². The summed E-state index contributed by atoms with van der Waals surface area (Å²) in [6, 6.07) is 7.53. The van der Waals surface area contributed by atoms with E-state index in [0.717, 1.165) is 11.1 Å². The number of anilines is 1. The van der Waals surface area contributed by atoms with Crippen molar-refractivity contribution in [2.45, 2.75) is 90.6 Å². The molecule has 18 heteroatoms. The monoisotopic (exact) mass is 936 g/mol. The number of Topliss-reactive ketones (excluding diaryl/α,β-unsaturated/α-hetero) is 1. The molecule has 0 radical (unpaired) electrons. The Bertz CT molecular complexity index is 2580. The number of hydrogen-bond acceptors (Lipinski definition) is 13. The number of aryl methyl sites for hydroxylation is 2. The van der Waals surface area contributed by atoms with Crippen LogP contribution in [0.3, 0.4) is 0 Å². The van der Waals surface area contributed by atoms with Gasteiger partial charge in [0.1, 0.15) is 11.8 Å². The number of ketones is 2. The number of H-pyrrole nitrogens is 2. The Morgan fingerprint density at radius 1 is 0.971 bits per heavy atom. The summed E-state index contributed by atoms with van der Waals surface area (Å²) in [5.74, 6) is -2.09. The van der Waals surface area contributed by atoms with Crippen molar-refractivity contribution in [1.29, 1.82) is 0 Å². The Kier molecular flexibility index (Phi) is 17.2. The van der Waals surface area contributed by atoms with Crippen LogP contribution in [-0.2, 0) is 41.4 Å². The first-order valence-electron chi connectivity index (χ1n) is 23.0. The third-order valence-corrected chi connectivity index (χ3v) is 13.0. The average Bonchev–Trinajstić information content (AvgIpc) is 3.73. The Labute approximate surface area is 395 Å². The number of carbonyl (C=O) groups excluding carboxylic acids is 5. The molecule has 3 amide bonds. The lowest BCUT2D eigenvalue weighted by atomic mass is 9.82. The molecular formula is C50H64N8O10. The number of fused-ring (bicyclic) bond motifs is 3. The minimum Gasteiger partial charge on any atom is -0.439 e. The molecule has 6 atom stereocenters. The number of aromatic amines is 2. The first-order chi connectivity index (χ1) is 32.5. The molecule has 1 aliphatic carbocycles. The van der Waals surface area contributed by atoms with Crippen molar-refractivity contribution in [1.82, 2.24) is 30.1 Å². The third kappa shape index (κ3) is 12.5. The number of allylic oxidation sites excluding steroid dienone is 5. The van der Waals surface area contributed by atoms with Crippen molar-refractivity contribution in [3.05, 3.63) is 116 Å². The van der Waals surface area contributed by atoms with Crippen LogP contribution in [-0.4, -0.2) is 131 Å². The Morgan fingerprint density at radius 3 is 2.37 bits per heavy atom. The number of nitrogens with one attached hydrogen (secondary N) is 3. The van der Waals surface area contributed by atoms with Crippen LogP contribution in [0.25, 0.3) is 11.0 Å². The largest absolute Gasteiger partial charge is 0.439 e. The summed E-state index contributed by atoms with van der Waals surface area (Å²) in [7, 11) is 2.93. The normalized spacial score (nSPS) is 25.8. The molecule has 3 aromatic rings. The molecule has 1 fully saturated rings. The molecule has 2 bridgehead atoms. The molecule has 2 aromatic heterocycles. The lowest BCUT2D eigenvalue weighted by molar-refractivity contribution is -0.120. The van der Waals surface area contributed by atoms with Gasteiger partial charge in [0.25, 0.3) is 17.4 Å². The van der Waals surface area contributed by atoms with E-state index in [2.05, 4.69) is 25.2 Å². The van der Waals surface area contributed by atoms with Crippen LogP contribution >= 0.6 is 0 Å². The lowest BCUT2D eigenvalue weighted by Gasteiger charge is -2.35. The molecule has 364 valence electrons. The van der Waals surface area contributed by atoms with Gasteiger partial charge in [-0.25, -0.2) is 4.79 Å². The third-order valence-electron chi connectivity index (χ3n) is 13.0. The number of amides is 3. The first-order valence-corrected chi connectivity index (χ1v) is 23.0. The van der Waals surface area contributed by atoms with Crippen molar-refractivity contribution in [3.8, 4) is 0 Å². The summed E-state index contributed by atoms with van der Waals surface area (Å²) in [6.45, 7) is 10.0. The van der Waals surface area contributed by atoms with E-state index < -0.39 is 48.1 Å². The van der Waals surface area contributed by atoms with Gasteiger partial charge in [-0.05, 0) is 93.7 Å². The fraction of sp³-hybridized carbons (Fsp3) is 0.460. The smallest absolute Gasteiger partial charge is 0.405 e. The molecule has 0 saturated carbocycles. The van der Waals surface area contributed by atoms with Gasteiger partial charge in [0.05, 0.1) is 23.3 Å². The van der Waals surface area contributed by atoms with Crippen LogP contribution in [0, 0.1) is 11.8 Å². The predicted molar refractivity (Wildman–Crippen MR) is 256 cm³/mol. The molecule has 6 rings (SSSR count). The number of nitrogens with zero attached hydrogens (tertiary/aromatic N) is 3. The Morgan fingerprint density at radius 2 is 1.69 bits per heavy atom. The maximum Gasteiger partial charge on any atom is 0.405 e. The number of ether oxygens (including phenoxy) is 3. The zero-order chi connectivity index (χ0) is 49.2. The van der Waals surface area contributed by atoms with E-state index in [-0.39, 0.29) is 46.8 Å². The number of aliphatic hydroxyl groups excluding tert-OH is 1. The lowest BCUT2D eigenvalue weighted by Crippen LogP contribution is -2.48. The van der Waals surface area contributed by atoms with Crippen LogP contribution in [0.2, 0.25) is 0 Å². The molecule has 68 heavy (non-hydrogen) atoms. The van der Waals surface area contributed by atoms with Crippen LogP contribution in [0.15, 0.2) is 93.6 Å². The average molecular weight is 937 g/mol. The topological polar surface area (TPSA) is 265 Å². The number of primary amides is 1. The molecule has 1 aromatic carbocycles.